The molecule has 0 saturated carbocycles. The summed E-state index contributed by atoms with van der Waals surface area (Å²) in [5.41, 5.74) is 0. The van der Waals surface area contributed by atoms with Gasteiger partial charge in [0.15, 0.2) is 5.82 Å². The van der Waals surface area contributed by atoms with Crippen LogP contribution < -0.4 is 0 Å². The Morgan fingerprint density at radius 3 is 2.72 bits per heavy atom. The maximum atomic E-state index is 12.4. The van der Waals surface area contributed by atoms with Crippen LogP contribution in [0.15, 0.2) is 4.52 Å². The minimum absolute atomic E-state index is 0.198. The molecule has 0 aliphatic rings. The van der Waals surface area contributed by atoms with Gasteiger partial charge in [0.05, 0.1) is 0 Å². The maximum Gasteiger partial charge on any atom is 0.330 e. The largest absolute Gasteiger partial charge is 0.481 e. The molecule has 0 aliphatic heterocycles. The molecule has 0 amide bonds. The summed E-state index contributed by atoms with van der Waals surface area (Å²) in [5, 5.41) is 11.6. The predicted octanol–water partition coefficient (Wildman–Crippen LogP) is 1.11. The number of nitrogens with zero attached hydrogens (tertiary/aromatic N) is 2. The SMILES string of the molecule is O=C(O)Cc1nc(COCC(F)(F)C(F)F)no1. The van der Waals surface area contributed by atoms with Crippen LogP contribution >= 0.6 is 0 Å². The van der Waals surface area contributed by atoms with E-state index in [0.717, 1.165) is 0 Å². The number of carboxylic acids is 1. The van der Waals surface area contributed by atoms with Crippen LogP contribution in [-0.4, -0.2) is 40.2 Å². The second-order valence-corrected chi connectivity index (χ2v) is 3.23. The Morgan fingerprint density at radius 2 is 2.17 bits per heavy atom. The summed E-state index contributed by atoms with van der Waals surface area (Å²) < 4.78 is 57.1. The van der Waals surface area contributed by atoms with Gasteiger partial charge in [-0.2, -0.15) is 13.8 Å². The summed E-state index contributed by atoms with van der Waals surface area (Å²) >= 11 is 0. The van der Waals surface area contributed by atoms with Crippen LogP contribution in [0.25, 0.3) is 0 Å². The van der Waals surface area contributed by atoms with Gasteiger partial charge in [-0.05, 0) is 0 Å². The first-order valence-corrected chi connectivity index (χ1v) is 4.58. The predicted molar refractivity (Wildman–Crippen MR) is 46.2 cm³/mol. The molecule has 1 aromatic rings. The third-order valence-electron chi connectivity index (χ3n) is 1.66. The Kier molecular flexibility index (Phi) is 4.59. The number of hydrogen-bond acceptors (Lipinski definition) is 5. The normalized spacial score (nSPS) is 12.1. The van der Waals surface area contributed by atoms with Gasteiger partial charge in [-0.15, -0.1) is 0 Å². The molecule has 0 bridgehead atoms. The molecule has 0 spiro atoms. The molecule has 102 valence electrons. The van der Waals surface area contributed by atoms with Gasteiger partial charge in [0, 0.05) is 0 Å². The van der Waals surface area contributed by atoms with Crippen LogP contribution in [0.5, 0.6) is 0 Å². The smallest absolute Gasteiger partial charge is 0.330 e. The summed E-state index contributed by atoms with van der Waals surface area (Å²) in [6, 6.07) is 0. The first-order chi connectivity index (χ1) is 8.31. The molecule has 0 saturated heterocycles. The molecule has 0 atom stereocenters. The van der Waals surface area contributed by atoms with E-state index >= 15 is 0 Å². The fourth-order valence-electron chi connectivity index (χ4n) is 0.891. The van der Waals surface area contributed by atoms with E-state index in [2.05, 4.69) is 19.4 Å². The monoisotopic (exact) mass is 272 g/mol. The third-order valence-corrected chi connectivity index (χ3v) is 1.66. The van der Waals surface area contributed by atoms with Gasteiger partial charge in [-0.1, -0.05) is 5.16 Å². The number of carbonyl (C=O) groups is 1. The molecule has 18 heavy (non-hydrogen) atoms. The van der Waals surface area contributed by atoms with Gasteiger partial charge >= 0.3 is 18.3 Å². The van der Waals surface area contributed by atoms with E-state index in [0.29, 0.717) is 0 Å². The molecular weight excluding hydrogens is 264 g/mol. The van der Waals surface area contributed by atoms with E-state index in [1.807, 2.05) is 0 Å². The second kappa shape index (κ2) is 5.76. The third kappa shape index (κ3) is 4.28. The van der Waals surface area contributed by atoms with Crippen molar-refractivity contribution in [2.24, 2.45) is 0 Å². The van der Waals surface area contributed by atoms with E-state index in [1.54, 1.807) is 0 Å². The van der Waals surface area contributed by atoms with Crippen molar-refractivity contribution in [3.8, 4) is 0 Å². The van der Waals surface area contributed by atoms with Crippen molar-refractivity contribution in [1.82, 2.24) is 10.1 Å². The van der Waals surface area contributed by atoms with Gasteiger partial charge in [-0.3, -0.25) is 4.79 Å². The Balaban J connectivity index is 2.40. The van der Waals surface area contributed by atoms with Crippen LogP contribution in [0.1, 0.15) is 11.7 Å². The molecule has 0 aliphatic carbocycles. The van der Waals surface area contributed by atoms with Crippen LogP contribution in [-0.2, 0) is 22.6 Å². The van der Waals surface area contributed by atoms with Gasteiger partial charge in [-0.25, -0.2) is 8.78 Å². The van der Waals surface area contributed by atoms with Crippen molar-refractivity contribution in [3.63, 3.8) is 0 Å². The number of alkyl halides is 4. The summed E-state index contributed by atoms with van der Waals surface area (Å²) in [6.45, 7) is -2.07. The molecule has 0 fully saturated rings. The van der Waals surface area contributed by atoms with Crippen LogP contribution in [0.3, 0.4) is 0 Å². The lowest BCUT2D eigenvalue weighted by Crippen LogP contribution is -2.32. The second-order valence-electron chi connectivity index (χ2n) is 3.23. The van der Waals surface area contributed by atoms with E-state index in [9.17, 15) is 22.4 Å². The molecule has 0 unspecified atom stereocenters. The van der Waals surface area contributed by atoms with E-state index in [4.69, 9.17) is 5.11 Å². The van der Waals surface area contributed by atoms with Gasteiger partial charge in [0.2, 0.25) is 5.89 Å². The summed E-state index contributed by atoms with van der Waals surface area (Å²) in [6.07, 6.45) is -4.36. The lowest BCUT2D eigenvalue weighted by molar-refractivity contribution is -0.168. The molecule has 1 heterocycles. The van der Waals surface area contributed by atoms with Gasteiger partial charge in [0.25, 0.3) is 0 Å². The Labute approximate surface area is 97.5 Å². The first-order valence-electron chi connectivity index (χ1n) is 4.58. The van der Waals surface area contributed by atoms with Crippen LogP contribution in [0, 0.1) is 0 Å². The van der Waals surface area contributed by atoms with Crippen LogP contribution in [0.2, 0.25) is 0 Å². The molecule has 0 radical (unpaired) electrons. The summed E-state index contributed by atoms with van der Waals surface area (Å²) in [7, 11) is 0. The zero-order chi connectivity index (χ0) is 13.8. The van der Waals surface area contributed by atoms with Crippen molar-refractivity contribution < 1.29 is 36.7 Å². The highest BCUT2D eigenvalue weighted by atomic mass is 19.3. The average molecular weight is 272 g/mol. The van der Waals surface area contributed by atoms with E-state index < -0.39 is 38.0 Å². The molecule has 10 heteroatoms. The zero-order valence-corrected chi connectivity index (χ0v) is 8.78. The lowest BCUT2D eigenvalue weighted by atomic mass is 10.4. The summed E-state index contributed by atoms with van der Waals surface area (Å²) in [5.74, 6) is -5.90. The number of ether oxygens (including phenoxy) is 1. The molecule has 0 aromatic carbocycles. The van der Waals surface area contributed by atoms with Crippen LogP contribution in [0.4, 0.5) is 17.6 Å². The first kappa shape index (κ1) is 14.4. The molecular formula is C8H8F4N2O4. The van der Waals surface area contributed by atoms with Crippen molar-refractivity contribution in [3.05, 3.63) is 11.7 Å². The van der Waals surface area contributed by atoms with E-state index in [1.165, 1.54) is 0 Å². The fourth-order valence-corrected chi connectivity index (χ4v) is 0.891. The van der Waals surface area contributed by atoms with Crippen molar-refractivity contribution in [1.29, 1.82) is 0 Å². The topological polar surface area (TPSA) is 85.5 Å². The fraction of sp³-hybridized carbons (Fsp3) is 0.625. The summed E-state index contributed by atoms with van der Waals surface area (Å²) in [4.78, 5) is 13.8. The average Bonchev–Trinajstić information content (AvgIpc) is 2.64. The molecule has 1 aromatic heterocycles. The maximum absolute atomic E-state index is 12.4. The van der Waals surface area contributed by atoms with Crippen molar-refractivity contribution >= 4 is 5.97 Å². The highest BCUT2D eigenvalue weighted by Gasteiger charge is 2.41. The molecule has 6 nitrogen and oxygen atoms in total. The Morgan fingerprint density at radius 1 is 1.50 bits per heavy atom. The number of hydrogen-bond donors (Lipinski definition) is 1. The molecule has 1 N–H and O–H groups in total. The standard InChI is InChI=1S/C8H8F4N2O4/c9-7(10)8(11,12)3-17-2-4-13-5(18-14-4)1-6(15)16/h7H,1-3H2,(H,15,16). The Bertz CT molecular complexity index is 410. The minimum atomic E-state index is -4.26. The highest BCUT2D eigenvalue weighted by molar-refractivity contribution is 5.68. The lowest BCUT2D eigenvalue weighted by Gasteiger charge is -2.14. The number of aromatic nitrogens is 2. The number of rotatable bonds is 7. The van der Waals surface area contributed by atoms with E-state index in [-0.39, 0.29) is 11.7 Å². The quantitative estimate of drug-likeness (QED) is 0.748. The van der Waals surface area contributed by atoms with Crippen molar-refractivity contribution in [2.45, 2.75) is 25.4 Å². The van der Waals surface area contributed by atoms with Gasteiger partial charge < -0.3 is 14.4 Å². The Hall–Kier alpha value is -1.71. The molecule has 1 rings (SSSR count). The number of carboxylic acid groups (broad SMARTS) is 1. The number of halogens is 4. The minimum Gasteiger partial charge on any atom is -0.481 e. The van der Waals surface area contributed by atoms with Crippen molar-refractivity contribution in [2.75, 3.05) is 6.61 Å². The number of aliphatic carboxylic acids is 1. The zero-order valence-electron chi connectivity index (χ0n) is 8.78. The van der Waals surface area contributed by atoms with Gasteiger partial charge in [0.1, 0.15) is 19.6 Å². The highest BCUT2D eigenvalue weighted by Crippen LogP contribution is 2.23.